The van der Waals surface area contributed by atoms with Crippen LogP contribution in [0.15, 0.2) is 0 Å². The number of aromatic nitrogens is 2. The van der Waals surface area contributed by atoms with Crippen LogP contribution in [0.25, 0.3) is 0 Å². The van der Waals surface area contributed by atoms with E-state index in [0.29, 0.717) is 34.8 Å². The predicted octanol–water partition coefficient (Wildman–Crippen LogP) is 4.67. The molecule has 0 fully saturated rings. The van der Waals surface area contributed by atoms with Gasteiger partial charge in [-0.2, -0.15) is 25.3 Å². The quantitative estimate of drug-likeness (QED) is 0.415. The molecule has 0 radical (unpaired) electrons. The van der Waals surface area contributed by atoms with Crippen molar-refractivity contribution in [1.29, 1.82) is 0 Å². The third-order valence-electron chi connectivity index (χ3n) is 3.26. The van der Waals surface area contributed by atoms with E-state index < -0.39 is 0 Å². The molecule has 0 bridgehead atoms. The Morgan fingerprint density at radius 3 is 1.54 bits per heavy atom. The Balaban J connectivity index is 2.11. The predicted molar refractivity (Wildman–Crippen MR) is 124 cm³/mol. The standard InChI is InChI=1S/C16H20N2O2S6/c1-3-19-15(23)13-9(7-21)17-11(25-13)5-6-12-18-10(8-22)14(26-12)16(24)20-4-2/h21-22H,3-8H2,1-2H3. The molecule has 0 unspecified atom stereocenters. The number of thiocarbonyl (C=S) groups is 2. The first-order valence-corrected chi connectivity index (χ1v) is 11.8. The van der Waals surface area contributed by atoms with Crippen molar-refractivity contribution in [2.45, 2.75) is 38.2 Å². The van der Waals surface area contributed by atoms with E-state index in [4.69, 9.17) is 33.9 Å². The monoisotopic (exact) mass is 464 g/mol. The lowest BCUT2D eigenvalue weighted by molar-refractivity contribution is 0.338. The van der Waals surface area contributed by atoms with Crippen molar-refractivity contribution in [1.82, 2.24) is 9.97 Å². The van der Waals surface area contributed by atoms with Crippen LogP contribution in [-0.4, -0.2) is 33.3 Å². The van der Waals surface area contributed by atoms with Gasteiger partial charge in [0.25, 0.3) is 0 Å². The van der Waals surface area contributed by atoms with E-state index >= 15 is 0 Å². The topological polar surface area (TPSA) is 44.2 Å². The van der Waals surface area contributed by atoms with Gasteiger partial charge in [-0.15, -0.1) is 22.7 Å². The van der Waals surface area contributed by atoms with Gasteiger partial charge in [-0.1, -0.05) is 0 Å². The van der Waals surface area contributed by atoms with Crippen LogP contribution in [0.5, 0.6) is 0 Å². The van der Waals surface area contributed by atoms with Gasteiger partial charge in [0.15, 0.2) is 0 Å². The Kier molecular flexibility index (Phi) is 9.25. The van der Waals surface area contributed by atoms with E-state index in [1.54, 1.807) is 22.7 Å². The molecular formula is C16H20N2O2S6. The molecule has 2 heterocycles. The summed E-state index contributed by atoms with van der Waals surface area (Å²) in [6.07, 6.45) is 1.56. The minimum absolute atomic E-state index is 0.497. The Bertz CT molecular complexity index is 707. The highest BCUT2D eigenvalue weighted by molar-refractivity contribution is 7.81. The molecule has 0 N–H and O–H groups in total. The second kappa shape index (κ2) is 10.9. The Morgan fingerprint density at radius 2 is 1.23 bits per heavy atom. The van der Waals surface area contributed by atoms with Gasteiger partial charge in [0.05, 0.1) is 34.6 Å². The third kappa shape index (κ3) is 5.62. The summed E-state index contributed by atoms with van der Waals surface area (Å²) < 4.78 is 10.9. The van der Waals surface area contributed by atoms with Gasteiger partial charge in [-0.05, 0) is 38.3 Å². The molecule has 2 aromatic rings. The number of aryl methyl sites for hydroxylation is 2. The molecule has 0 aromatic carbocycles. The summed E-state index contributed by atoms with van der Waals surface area (Å²) in [6, 6.07) is 0. The zero-order valence-electron chi connectivity index (χ0n) is 14.5. The van der Waals surface area contributed by atoms with Crippen LogP contribution in [0.3, 0.4) is 0 Å². The van der Waals surface area contributed by atoms with E-state index in [0.717, 1.165) is 44.0 Å². The molecule has 2 aromatic heterocycles. The van der Waals surface area contributed by atoms with Gasteiger partial charge in [0.1, 0.15) is 9.75 Å². The van der Waals surface area contributed by atoms with Gasteiger partial charge in [-0.25, -0.2) is 9.97 Å². The molecular weight excluding hydrogens is 445 g/mol. The number of ether oxygens (including phenoxy) is 2. The van der Waals surface area contributed by atoms with Crippen molar-refractivity contribution in [2.75, 3.05) is 13.2 Å². The zero-order valence-corrected chi connectivity index (χ0v) is 19.5. The van der Waals surface area contributed by atoms with Crippen LogP contribution in [-0.2, 0) is 33.8 Å². The number of hydrogen-bond donors (Lipinski definition) is 2. The minimum atomic E-state index is 0.497. The normalized spacial score (nSPS) is 10.8. The van der Waals surface area contributed by atoms with Crippen molar-refractivity contribution in [3.8, 4) is 0 Å². The Hall–Kier alpha value is -0.260. The summed E-state index contributed by atoms with van der Waals surface area (Å²) in [5, 5.41) is 3.00. The van der Waals surface area contributed by atoms with Crippen LogP contribution in [0, 0.1) is 0 Å². The lowest BCUT2D eigenvalue weighted by Crippen LogP contribution is -2.03. The van der Waals surface area contributed by atoms with Crippen molar-refractivity contribution in [2.24, 2.45) is 0 Å². The molecule has 0 amide bonds. The second-order valence-corrected chi connectivity index (χ2v) is 8.57. The Morgan fingerprint density at radius 1 is 0.846 bits per heavy atom. The van der Waals surface area contributed by atoms with E-state index in [2.05, 4.69) is 35.2 Å². The summed E-state index contributed by atoms with van der Waals surface area (Å²) in [6.45, 7) is 4.93. The maximum Gasteiger partial charge on any atom is 0.203 e. The molecule has 2 rings (SSSR count). The van der Waals surface area contributed by atoms with E-state index in [9.17, 15) is 0 Å². The average molecular weight is 465 g/mol. The summed E-state index contributed by atoms with van der Waals surface area (Å²) >= 11 is 22.5. The molecule has 0 spiro atoms. The molecule has 26 heavy (non-hydrogen) atoms. The van der Waals surface area contributed by atoms with Crippen LogP contribution in [0.1, 0.15) is 45.0 Å². The first-order valence-electron chi connectivity index (χ1n) is 8.07. The fraction of sp³-hybridized carbons (Fsp3) is 0.500. The molecule has 0 saturated carbocycles. The van der Waals surface area contributed by atoms with Gasteiger partial charge in [-0.3, -0.25) is 0 Å². The van der Waals surface area contributed by atoms with Gasteiger partial charge in [0.2, 0.25) is 10.1 Å². The van der Waals surface area contributed by atoms with E-state index in [1.807, 2.05) is 13.8 Å². The van der Waals surface area contributed by atoms with Crippen LogP contribution >= 0.6 is 72.4 Å². The first kappa shape index (κ1) is 22.0. The van der Waals surface area contributed by atoms with E-state index in [-0.39, 0.29) is 0 Å². The highest BCUT2D eigenvalue weighted by atomic mass is 32.1. The SMILES string of the molecule is CCOC(=S)c1sc(CCc2nc(CS)c(C(=S)OCC)s2)nc1CS. The van der Waals surface area contributed by atoms with Gasteiger partial charge in [0, 0.05) is 24.3 Å². The molecule has 0 atom stereocenters. The maximum atomic E-state index is 5.45. The molecule has 0 aliphatic heterocycles. The largest absolute Gasteiger partial charge is 0.483 e. The lowest BCUT2D eigenvalue weighted by atomic mass is 10.3. The molecule has 10 heteroatoms. The molecule has 142 valence electrons. The molecule has 4 nitrogen and oxygen atoms in total. The number of hydrogen-bond acceptors (Lipinski definition) is 10. The lowest BCUT2D eigenvalue weighted by Gasteiger charge is -2.02. The molecule has 0 aliphatic carbocycles. The zero-order chi connectivity index (χ0) is 19.1. The van der Waals surface area contributed by atoms with Crippen molar-refractivity contribution in [3.05, 3.63) is 31.2 Å². The highest BCUT2D eigenvalue weighted by Gasteiger charge is 2.18. The fourth-order valence-corrected chi connectivity index (χ4v) is 5.50. The first-order chi connectivity index (χ1) is 12.5. The third-order valence-corrected chi connectivity index (χ3v) is 7.07. The maximum absolute atomic E-state index is 5.45. The average Bonchev–Trinajstić information content (AvgIpc) is 3.24. The minimum Gasteiger partial charge on any atom is -0.483 e. The van der Waals surface area contributed by atoms with Crippen molar-refractivity contribution in [3.63, 3.8) is 0 Å². The fourth-order valence-electron chi connectivity index (χ4n) is 2.16. The highest BCUT2D eigenvalue weighted by Crippen LogP contribution is 2.26. The van der Waals surface area contributed by atoms with Crippen LogP contribution in [0.4, 0.5) is 0 Å². The van der Waals surface area contributed by atoms with Gasteiger partial charge >= 0.3 is 0 Å². The Labute approximate surface area is 183 Å². The number of rotatable bonds is 9. The number of nitrogens with zero attached hydrogens (tertiary/aromatic N) is 2. The van der Waals surface area contributed by atoms with Crippen LogP contribution in [0.2, 0.25) is 0 Å². The molecule has 0 saturated heterocycles. The summed E-state index contributed by atoms with van der Waals surface area (Å²) in [7, 11) is 0. The smallest absolute Gasteiger partial charge is 0.203 e. The summed E-state index contributed by atoms with van der Waals surface area (Å²) in [5.74, 6) is 1.07. The summed E-state index contributed by atoms with van der Waals surface area (Å²) in [4.78, 5) is 11.1. The number of thiazole rings is 2. The number of thiol groups is 2. The van der Waals surface area contributed by atoms with Crippen molar-refractivity contribution < 1.29 is 9.47 Å². The second-order valence-electron chi connectivity index (χ2n) is 5.02. The van der Waals surface area contributed by atoms with Crippen LogP contribution < -0.4 is 0 Å². The summed E-state index contributed by atoms with van der Waals surface area (Å²) in [5.41, 5.74) is 1.75. The van der Waals surface area contributed by atoms with E-state index in [1.165, 1.54) is 0 Å². The van der Waals surface area contributed by atoms with Crippen molar-refractivity contribution >= 4 is 82.5 Å². The van der Waals surface area contributed by atoms with Gasteiger partial charge < -0.3 is 9.47 Å². The molecule has 0 aliphatic rings.